The van der Waals surface area contributed by atoms with Crippen LogP contribution in [0.3, 0.4) is 0 Å². The van der Waals surface area contributed by atoms with Crippen molar-refractivity contribution < 1.29 is 14.8 Å². The Morgan fingerprint density at radius 3 is 2.95 bits per heavy atom. The molecule has 0 unspecified atom stereocenters. The van der Waals surface area contributed by atoms with Crippen molar-refractivity contribution in [3.8, 4) is 5.75 Å². The second-order valence-electron chi connectivity index (χ2n) is 4.35. The van der Waals surface area contributed by atoms with Gasteiger partial charge in [0.05, 0.1) is 4.92 Å². The van der Waals surface area contributed by atoms with Gasteiger partial charge in [0.25, 0.3) is 11.6 Å². The quantitative estimate of drug-likeness (QED) is 0.421. The van der Waals surface area contributed by atoms with Gasteiger partial charge in [0.15, 0.2) is 0 Å². The number of nitrogens with one attached hydrogen (secondary N) is 2. The van der Waals surface area contributed by atoms with Gasteiger partial charge in [-0.3, -0.25) is 14.9 Å². The molecule has 0 aliphatic heterocycles. The molecule has 0 aliphatic rings. The monoisotopic (exact) mass is 290 g/mol. The number of nitro benzene ring substituents is 1. The van der Waals surface area contributed by atoms with Gasteiger partial charge < -0.3 is 15.4 Å². The molecule has 0 bridgehead atoms. The number of amides is 1. The third-order valence-corrected chi connectivity index (χ3v) is 2.85. The number of hydrogen-bond donors (Lipinski definition) is 3. The first-order valence-electron chi connectivity index (χ1n) is 6.32. The Labute approximate surface area is 120 Å². The summed E-state index contributed by atoms with van der Waals surface area (Å²) in [7, 11) is 0. The molecular formula is C13H14N4O4. The van der Waals surface area contributed by atoms with Crippen LogP contribution in [0.2, 0.25) is 0 Å². The van der Waals surface area contributed by atoms with Gasteiger partial charge >= 0.3 is 0 Å². The average Bonchev–Trinajstić information content (AvgIpc) is 2.96. The van der Waals surface area contributed by atoms with Crippen molar-refractivity contribution >= 4 is 11.6 Å². The molecule has 1 aromatic carbocycles. The highest BCUT2D eigenvalue weighted by atomic mass is 16.6. The number of nitro groups is 1. The minimum atomic E-state index is -0.656. The van der Waals surface area contributed by atoms with Crippen LogP contribution in [-0.2, 0) is 6.42 Å². The zero-order valence-corrected chi connectivity index (χ0v) is 11.1. The number of aromatic amines is 1. The number of imidazole rings is 1. The topological polar surface area (TPSA) is 121 Å². The molecule has 2 aromatic rings. The zero-order valence-electron chi connectivity index (χ0n) is 11.1. The van der Waals surface area contributed by atoms with Crippen LogP contribution in [0.4, 0.5) is 5.69 Å². The second kappa shape index (κ2) is 6.51. The number of aromatic hydroxyl groups is 1. The molecule has 0 aliphatic carbocycles. The zero-order chi connectivity index (χ0) is 15.2. The fourth-order valence-corrected chi connectivity index (χ4v) is 1.85. The lowest BCUT2D eigenvalue weighted by molar-refractivity contribution is -0.385. The maximum atomic E-state index is 11.9. The molecule has 1 aromatic heterocycles. The van der Waals surface area contributed by atoms with Gasteiger partial charge in [-0.15, -0.1) is 0 Å². The molecule has 0 saturated heterocycles. The number of rotatable bonds is 6. The lowest BCUT2D eigenvalue weighted by Gasteiger charge is -2.06. The SMILES string of the molecule is O=C(NCCCc1ncc[nH]1)c1cc(O)ccc1[N+](=O)[O-]. The highest BCUT2D eigenvalue weighted by molar-refractivity contribution is 5.98. The molecule has 1 amide bonds. The van der Waals surface area contributed by atoms with E-state index in [-0.39, 0.29) is 17.0 Å². The highest BCUT2D eigenvalue weighted by Crippen LogP contribution is 2.23. The lowest BCUT2D eigenvalue weighted by atomic mass is 10.1. The first-order chi connectivity index (χ1) is 10.1. The molecule has 0 saturated carbocycles. The molecule has 8 nitrogen and oxygen atoms in total. The second-order valence-corrected chi connectivity index (χ2v) is 4.35. The van der Waals surface area contributed by atoms with E-state index in [4.69, 9.17) is 0 Å². The average molecular weight is 290 g/mol. The van der Waals surface area contributed by atoms with Crippen molar-refractivity contribution in [1.82, 2.24) is 15.3 Å². The number of aromatic nitrogens is 2. The number of nitrogens with zero attached hydrogens (tertiary/aromatic N) is 2. The maximum Gasteiger partial charge on any atom is 0.282 e. The highest BCUT2D eigenvalue weighted by Gasteiger charge is 2.20. The fourth-order valence-electron chi connectivity index (χ4n) is 1.85. The Hall–Kier alpha value is -2.90. The van der Waals surface area contributed by atoms with E-state index in [9.17, 15) is 20.0 Å². The van der Waals surface area contributed by atoms with E-state index in [0.29, 0.717) is 19.4 Å². The molecule has 0 fully saturated rings. The maximum absolute atomic E-state index is 11.9. The van der Waals surface area contributed by atoms with Gasteiger partial charge in [0, 0.05) is 31.4 Å². The van der Waals surface area contributed by atoms with Gasteiger partial charge in [-0.2, -0.15) is 0 Å². The van der Waals surface area contributed by atoms with Crippen LogP contribution in [0.1, 0.15) is 22.6 Å². The third-order valence-electron chi connectivity index (χ3n) is 2.85. The van der Waals surface area contributed by atoms with E-state index in [2.05, 4.69) is 15.3 Å². The molecule has 1 heterocycles. The summed E-state index contributed by atoms with van der Waals surface area (Å²) >= 11 is 0. The van der Waals surface area contributed by atoms with E-state index in [1.165, 1.54) is 6.07 Å². The van der Waals surface area contributed by atoms with Crippen molar-refractivity contribution in [2.75, 3.05) is 6.54 Å². The molecule has 2 rings (SSSR count). The molecule has 8 heteroatoms. The predicted molar refractivity (Wildman–Crippen MR) is 74.0 cm³/mol. The van der Waals surface area contributed by atoms with E-state index in [1.807, 2.05) is 0 Å². The summed E-state index contributed by atoms with van der Waals surface area (Å²) in [6, 6.07) is 3.36. The molecule has 21 heavy (non-hydrogen) atoms. The molecule has 0 spiro atoms. The summed E-state index contributed by atoms with van der Waals surface area (Å²) in [5.41, 5.74) is -0.491. The summed E-state index contributed by atoms with van der Waals surface area (Å²) in [5, 5.41) is 22.8. The number of carbonyl (C=O) groups is 1. The standard InChI is InChI=1S/C13H14N4O4/c18-9-3-4-11(17(20)21)10(8-9)13(19)16-5-1-2-12-14-6-7-15-12/h3-4,6-8,18H,1-2,5H2,(H,14,15)(H,16,19). The first kappa shape index (κ1) is 14.5. The molecular weight excluding hydrogens is 276 g/mol. The number of phenols is 1. The van der Waals surface area contributed by atoms with E-state index >= 15 is 0 Å². The summed E-state index contributed by atoms with van der Waals surface area (Å²) in [5.74, 6) is 0.0333. The summed E-state index contributed by atoms with van der Waals surface area (Å²) < 4.78 is 0. The lowest BCUT2D eigenvalue weighted by Crippen LogP contribution is -2.25. The molecule has 110 valence electrons. The van der Waals surface area contributed by atoms with E-state index in [0.717, 1.165) is 18.0 Å². The van der Waals surface area contributed by atoms with Crippen LogP contribution in [0, 0.1) is 10.1 Å². The van der Waals surface area contributed by atoms with Crippen LogP contribution in [0.15, 0.2) is 30.6 Å². The van der Waals surface area contributed by atoms with Crippen LogP contribution < -0.4 is 5.32 Å². The van der Waals surface area contributed by atoms with Crippen molar-refractivity contribution in [3.05, 3.63) is 52.1 Å². The smallest absolute Gasteiger partial charge is 0.282 e. The number of hydrogen-bond acceptors (Lipinski definition) is 5. The van der Waals surface area contributed by atoms with Gasteiger partial charge in [-0.25, -0.2) is 4.98 Å². The minimum absolute atomic E-state index is 0.155. The normalized spacial score (nSPS) is 10.3. The van der Waals surface area contributed by atoms with Crippen LogP contribution >= 0.6 is 0 Å². The molecule has 3 N–H and O–H groups in total. The number of phenolic OH excluding ortho intramolecular Hbond substituents is 1. The Balaban J connectivity index is 1.93. The number of carbonyl (C=O) groups excluding carboxylic acids is 1. The van der Waals surface area contributed by atoms with E-state index < -0.39 is 10.8 Å². The summed E-state index contributed by atoms with van der Waals surface area (Å²) in [6.45, 7) is 0.354. The van der Waals surface area contributed by atoms with Gasteiger partial charge in [0.1, 0.15) is 17.1 Å². The van der Waals surface area contributed by atoms with Crippen molar-refractivity contribution in [2.45, 2.75) is 12.8 Å². The van der Waals surface area contributed by atoms with Crippen molar-refractivity contribution in [2.24, 2.45) is 0 Å². The number of H-pyrrole nitrogens is 1. The van der Waals surface area contributed by atoms with Crippen molar-refractivity contribution in [3.63, 3.8) is 0 Å². The first-order valence-corrected chi connectivity index (χ1v) is 6.32. The Morgan fingerprint density at radius 1 is 1.48 bits per heavy atom. The van der Waals surface area contributed by atoms with Gasteiger partial charge in [-0.1, -0.05) is 0 Å². The fraction of sp³-hybridized carbons (Fsp3) is 0.231. The Kier molecular flexibility index (Phi) is 4.50. The van der Waals surface area contributed by atoms with Gasteiger partial charge in [0.2, 0.25) is 0 Å². The molecule has 0 atom stereocenters. The number of benzene rings is 1. The minimum Gasteiger partial charge on any atom is -0.508 e. The largest absolute Gasteiger partial charge is 0.508 e. The Bertz CT molecular complexity index is 640. The van der Waals surface area contributed by atoms with Crippen LogP contribution in [0.25, 0.3) is 0 Å². The summed E-state index contributed by atoms with van der Waals surface area (Å²) in [6.07, 6.45) is 4.66. The van der Waals surface area contributed by atoms with Gasteiger partial charge in [-0.05, 0) is 18.6 Å². The Morgan fingerprint density at radius 2 is 2.29 bits per heavy atom. The number of aryl methyl sites for hydroxylation is 1. The predicted octanol–water partition coefficient (Wildman–Crippen LogP) is 1.39. The molecule has 0 radical (unpaired) electrons. The summed E-state index contributed by atoms with van der Waals surface area (Å²) in [4.78, 5) is 29.1. The van der Waals surface area contributed by atoms with Crippen LogP contribution in [-0.4, -0.2) is 32.4 Å². The van der Waals surface area contributed by atoms with E-state index in [1.54, 1.807) is 12.4 Å². The van der Waals surface area contributed by atoms with Crippen molar-refractivity contribution in [1.29, 1.82) is 0 Å². The third kappa shape index (κ3) is 3.78. The van der Waals surface area contributed by atoms with Crippen LogP contribution in [0.5, 0.6) is 5.75 Å².